The van der Waals surface area contributed by atoms with Crippen LogP contribution in [0.15, 0.2) is 90.1 Å². The van der Waals surface area contributed by atoms with Crippen LogP contribution in [0, 0.1) is 0 Å². The maximum Gasteiger partial charge on any atom is 0.387 e. The SMILES string of the molecule is CC(Sc1nnc(-c2ccccc2)c(-c2ccccc2)n1)C(=O)Nc1ccccc1OC(F)F. The van der Waals surface area contributed by atoms with Gasteiger partial charge in [-0.1, -0.05) is 84.6 Å². The number of benzene rings is 3. The molecule has 9 heteroatoms. The molecule has 0 saturated carbocycles. The number of alkyl halides is 2. The molecule has 0 fully saturated rings. The van der Waals surface area contributed by atoms with E-state index in [0.29, 0.717) is 16.5 Å². The normalized spacial score (nSPS) is 11.8. The summed E-state index contributed by atoms with van der Waals surface area (Å²) in [6, 6.07) is 25.2. The molecule has 6 nitrogen and oxygen atoms in total. The van der Waals surface area contributed by atoms with Crippen molar-refractivity contribution in [1.82, 2.24) is 15.2 Å². The van der Waals surface area contributed by atoms with Crippen molar-refractivity contribution in [2.24, 2.45) is 0 Å². The maximum atomic E-state index is 12.7. The van der Waals surface area contributed by atoms with Gasteiger partial charge < -0.3 is 10.1 Å². The third kappa shape index (κ3) is 5.74. The number of rotatable bonds is 8. The average molecular weight is 479 g/mol. The van der Waals surface area contributed by atoms with Crippen molar-refractivity contribution >= 4 is 23.4 Å². The summed E-state index contributed by atoms with van der Waals surface area (Å²) in [6.45, 7) is -1.32. The van der Waals surface area contributed by atoms with Crippen LogP contribution in [0.25, 0.3) is 22.5 Å². The first kappa shape index (κ1) is 23.3. The summed E-state index contributed by atoms with van der Waals surface area (Å²) >= 11 is 1.12. The number of carbonyl (C=O) groups excluding carboxylic acids is 1. The van der Waals surface area contributed by atoms with Gasteiger partial charge in [-0.05, 0) is 19.1 Å². The lowest BCUT2D eigenvalue weighted by Crippen LogP contribution is -2.23. The number of nitrogens with one attached hydrogen (secondary N) is 1. The Kier molecular flexibility index (Phi) is 7.44. The Balaban J connectivity index is 1.57. The molecule has 0 spiro atoms. The number of amides is 1. The van der Waals surface area contributed by atoms with Gasteiger partial charge in [-0.15, -0.1) is 10.2 Å². The molecule has 4 rings (SSSR count). The fraction of sp³-hybridized carbons (Fsp3) is 0.120. The van der Waals surface area contributed by atoms with E-state index < -0.39 is 17.8 Å². The zero-order valence-electron chi connectivity index (χ0n) is 18.1. The molecule has 3 aromatic carbocycles. The van der Waals surface area contributed by atoms with E-state index in [2.05, 4.69) is 20.3 Å². The van der Waals surface area contributed by atoms with Crippen LogP contribution in [0.1, 0.15) is 6.92 Å². The lowest BCUT2D eigenvalue weighted by Gasteiger charge is -2.15. The Labute approximate surface area is 199 Å². The van der Waals surface area contributed by atoms with E-state index in [1.807, 2.05) is 60.7 Å². The molecule has 1 heterocycles. The first-order valence-electron chi connectivity index (χ1n) is 10.4. The van der Waals surface area contributed by atoms with Crippen LogP contribution >= 0.6 is 11.8 Å². The average Bonchev–Trinajstić information content (AvgIpc) is 2.86. The first-order chi connectivity index (χ1) is 16.5. The van der Waals surface area contributed by atoms with E-state index in [-0.39, 0.29) is 11.4 Å². The third-order valence-electron chi connectivity index (χ3n) is 4.77. The summed E-state index contributed by atoms with van der Waals surface area (Å²) in [7, 11) is 0. The highest BCUT2D eigenvalue weighted by atomic mass is 32.2. The van der Waals surface area contributed by atoms with Gasteiger partial charge in [0.05, 0.1) is 10.9 Å². The van der Waals surface area contributed by atoms with Crippen molar-refractivity contribution in [3.63, 3.8) is 0 Å². The highest BCUT2D eigenvalue weighted by molar-refractivity contribution is 8.00. The number of nitrogens with zero attached hydrogens (tertiary/aromatic N) is 3. The van der Waals surface area contributed by atoms with Gasteiger partial charge >= 0.3 is 6.61 Å². The van der Waals surface area contributed by atoms with Gasteiger partial charge in [0.25, 0.3) is 0 Å². The molecule has 0 aliphatic rings. The number of anilines is 1. The van der Waals surface area contributed by atoms with E-state index in [0.717, 1.165) is 22.9 Å². The second-order valence-electron chi connectivity index (χ2n) is 7.15. The van der Waals surface area contributed by atoms with Crippen molar-refractivity contribution < 1.29 is 18.3 Å². The fourth-order valence-corrected chi connectivity index (χ4v) is 3.88. The number of hydrogen-bond acceptors (Lipinski definition) is 6. The van der Waals surface area contributed by atoms with Crippen LogP contribution in [0.2, 0.25) is 0 Å². The summed E-state index contributed by atoms with van der Waals surface area (Å²) in [5, 5.41) is 10.9. The number of carbonyl (C=O) groups is 1. The molecule has 0 aliphatic heterocycles. The van der Waals surface area contributed by atoms with Crippen LogP contribution in [-0.2, 0) is 4.79 Å². The van der Waals surface area contributed by atoms with Crippen LogP contribution in [0.3, 0.4) is 0 Å². The van der Waals surface area contributed by atoms with Crippen LogP contribution in [-0.4, -0.2) is 32.9 Å². The molecule has 1 unspecified atom stereocenters. The van der Waals surface area contributed by atoms with Crippen molar-refractivity contribution in [3.8, 4) is 28.3 Å². The van der Waals surface area contributed by atoms with Gasteiger partial charge in [-0.3, -0.25) is 4.79 Å². The van der Waals surface area contributed by atoms with Crippen molar-refractivity contribution in [2.75, 3.05) is 5.32 Å². The number of para-hydroxylation sites is 2. The van der Waals surface area contributed by atoms with Crippen LogP contribution in [0.5, 0.6) is 5.75 Å². The highest BCUT2D eigenvalue weighted by Crippen LogP contribution is 2.31. The second-order valence-corrected chi connectivity index (χ2v) is 8.46. The fourth-order valence-electron chi connectivity index (χ4n) is 3.16. The second kappa shape index (κ2) is 10.8. The predicted octanol–water partition coefficient (Wildman–Crippen LogP) is 5.93. The summed E-state index contributed by atoms with van der Waals surface area (Å²) < 4.78 is 29.8. The van der Waals surface area contributed by atoms with Gasteiger partial charge in [0.15, 0.2) is 0 Å². The van der Waals surface area contributed by atoms with Crippen molar-refractivity contribution in [2.45, 2.75) is 23.9 Å². The molecule has 0 radical (unpaired) electrons. The minimum atomic E-state index is -3.00. The molecule has 34 heavy (non-hydrogen) atoms. The lowest BCUT2D eigenvalue weighted by atomic mass is 10.0. The number of ether oxygens (including phenoxy) is 1. The lowest BCUT2D eigenvalue weighted by molar-refractivity contribution is -0.115. The first-order valence-corrected chi connectivity index (χ1v) is 11.3. The summed E-state index contributed by atoms with van der Waals surface area (Å²) in [5.74, 6) is -0.521. The van der Waals surface area contributed by atoms with E-state index >= 15 is 0 Å². The monoisotopic (exact) mass is 478 g/mol. The van der Waals surface area contributed by atoms with E-state index in [9.17, 15) is 13.6 Å². The Morgan fingerprint density at radius 1 is 0.853 bits per heavy atom. The van der Waals surface area contributed by atoms with Crippen LogP contribution < -0.4 is 10.1 Å². The molecular weight excluding hydrogens is 458 g/mol. The van der Waals surface area contributed by atoms with Gasteiger partial charge in [0.2, 0.25) is 11.1 Å². The minimum Gasteiger partial charge on any atom is -0.433 e. The number of thioether (sulfide) groups is 1. The minimum absolute atomic E-state index is 0.112. The molecular formula is C25H20F2N4O2S. The molecule has 1 aromatic heterocycles. The Morgan fingerprint density at radius 2 is 1.44 bits per heavy atom. The molecule has 172 valence electrons. The van der Waals surface area contributed by atoms with E-state index in [4.69, 9.17) is 4.98 Å². The number of aromatic nitrogens is 3. The summed E-state index contributed by atoms with van der Waals surface area (Å²) in [6.07, 6.45) is 0. The molecule has 1 N–H and O–H groups in total. The van der Waals surface area contributed by atoms with E-state index in [1.54, 1.807) is 19.1 Å². The Morgan fingerprint density at radius 3 is 2.09 bits per heavy atom. The topological polar surface area (TPSA) is 77.0 Å². The van der Waals surface area contributed by atoms with Crippen molar-refractivity contribution in [1.29, 1.82) is 0 Å². The molecule has 0 aliphatic carbocycles. The predicted molar refractivity (Wildman–Crippen MR) is 128 cm³/mol. The smallest absolute Gasteiger partial charge is 0.387 e. The zero-order chi connectivity index (χ0) is 23.9. The number of halogens is 2. The largest absolute Gasteiger partial charge is 0.433 e. The van der Waals surface area contributed by atoms with Gasteiger partial charge in [-0.2, -0.15) is 8.78 Å². The Bertz CT molecular complexity index is 1260. The molecule has 1 atom stereocenters. The highest BCUT2D eigenvalue weighted by Gasteiger charge is 2.21. The third-order valence-corrected chi connectivity index (χ3v) is 5.73. The molecule has 1 amide bonds. The summed E-state index contributed by atoms with van der Waals surface area (Å²) in [5.41, 5.74) is 3.18. The standard InChI is InChI=1S/C25H20F2N4O2S/c1-16(23(32)28-19-14-8-9-15-20(19)33-24(26)27)34-25-29-21(17-10-4-2-5-11-17)22(30-31-25)18-12-6-3-7-13-18/h2-16,24H,1H3,(H,28,32). The molecule has 4 aromatic rings. The summed E-state index contributed by atoms with van der Waals surface area (Å²) in [4.78, 5) is 17.4. The van der Waals surface area contributed by atoms with E-state index in [1.165, 1.54) is 12.1 Å². The number of hydrogen-bond donors (Lipinski definition) is 1. The van der Waals surface area contributed by atoms with Gasteiger partial charge in [0.1, 0.15) is 17.1 Å². The van der Waals surface area contributed by atoms with Gasteiger partial charge in [-0.25, -0.2) is 4.98 Å². The molecule has 0 bridgehead atoms. The van der Waals surface area contributed by atoms with Gasteiger partial charge in [0, 0.05) is 11.1 Å². The quantitative estimate of drug-likeness (QED) is 0.317. The maximum absolute atomic E-state index is 12.7. The molecule has 0 saturated heterocycles. The zero-order valence-corrected chi connectivity index (χ0v) is 18.9. The Hall–Kier alpha value is -3.85. The van der Waals surface area contributed by atoms with Crippen LogP contribution in [0.4, 0.5) is 14.5 Å². The van der Waals surface area contributed by atoms with Crippen molar-refractivity contribution in [3.05, 3.63) is 84.9 Å².